The highest BCUT2D eigenvalue weighted by atomic mass is 31.0. The Bertz CT molecular complexity index is 983. The zero-order valence-electron chi connectivity index (χ0n) is 15.8. The minimum absolute atomic E-state index is 0.0263. The standard InChI is InChI=1S/C21H22NO5P/c1-13-17(8-9-26-16-5-3-4-14(10-16)11-20(23)24)22-21(27-13)15-6-7-19(28)18(12-15)25-2/h3-7,10,12H,8-9,11,28H2,1-2H3,(H,23,24). The molecule has 0 bridgehead atoms. The number of nitrogens with zero attached hydrogens (tertiary/aromatic N) is 1. The summed E-state index contributed by atoms with van der Waals surface area (Å²) in [6.45, 7) is 2.29. The van der Waals surface area contributed by atoms with Crippen LogP contribution in [0.3, 0.4) is 0 Å². The highest BCUT2D eigenvalue weighted by molar-refractivity contribution is 7.27. The van der Waals surface area contributed by atoms with E-state index in [-0.39, 0.29) is 6.42 Å². The highest BCUT2D eigenvalue weighted by Gasteiger charge is 2.13. The van der Waals surface area contributed by atoms with Crippen LogP contribution in [0.4, 0.5) is 0 Å². The molecule has 0 fully saturated rings. The molecule has 1 N–H and O–H groups in total. The SMILES string of the molecule is COc1cc(-c2nc(CCOc3cccc(CC(=O)O)c3)c(C)o2)ccc1P. The summed E-state index contributed by atoms with van der Waals surface area (Å²) in [5, 5.41) is 9.85. The quantitative estimate of drug-likeness (QED) is 0.585. The van der Waals surface area contributed by atoms with E-state index in [9.17, 15) is 4.79 Å². The van der Waals surface area contributed by atoms with Crippen molar-refractivity contribution >= 4 is 20.5 Å². The lowest BCUT2D eigenvalue weighted by molar-refractivity contribution is -0.136. The Hall–Kier alpha value is -2.85. The topological polar surface area (TPSA) is 81.8 Å². The third-order valence-corrected chi connectivity index (χ3v) is 4.71. The Labute approximate surface area is 165 Å². The van der Waals surface area contributed by atoms with Gasteiger partial charge in [0.15, 0.2) is 0 Å². The molecule has 0 saturated carbocycles. The van der Waals surface area contributed by atoms with Gasteiger partial charge in [0.05, 0.1) is 25.8 Å². The first-order valence-corrected chi connectivity index (χ1v) is 9.37. The van der Waals surface area contributed by atoms with Gasteiger partial charge in [-0.05, 0) is 36.8 Å². The molecule has 1 heterocycles. The lowest BCUT2D eigenvalue weighted by atomic mass is 10.1. The van der Waals surface area contributed by atoms with Gasteiger partial charge in [0.2, 0.25) is 5.89 Å². The van der Waals surface area contributed by atoms with Gasteiger partial charge in [0.1, 0.15) is 17.3 Å². The Balaban J connectivity index is 1.65. The van der Waals surface area contributed by atoms with Crippen molar-refractivity contribution in [3.63, 3.8) is 0 Å². The lowest BCUT2D eigenvalue weighted by Crippen LogP contribution is -2.04. The number of oxazole rings is 1. The first kappa shape index (κ1) is 19.9. The first-order valence-electron chi connectivity index (χ1n) is 8.80. The summed E-state index contributed by atoms with van der Waals surface area (Å²) in [6, 6.07) is 12.9. The van der Waals surface area contributed by atoms with E-state index >= 15 is 0 Å². The second kappa shape index (κ2) is 8.89. The van der Waals surface area contributed by atoms with Crippen LogP contribution in [0.25, 0.3) is 11.5 Å². The summed E-state index contributed by atoms with van der Waals surface area (Å²) >= 11 is 0. The van der Waals surface area contributed by atoms with Crippen LogP contribution in [0.5, 0.6) is 11.5 Å². The van der Waals surface area contributed by atoms with Gasteiger partial charge in [-0.2, -0.15) is 0 Å². The van der Waals surface area contributed by atoms with E-state index in [1.54, 1.807) is 25.3 Å². The van der Waals surface area contributed by atoms with Gasteiger partial charge in [-0.3, -0.25) is 4.79 Å². The normalized spacial score (nSPS) is 10.7. The van der Waals surface area contributed by atoms with Crippen LogP contribution in [0.1, 0.15) is 17.0 Å². The van der Waals surface area contributed by atoms with Gasteiger partial charge < -0.3 is 19.0 Å². The fraction of sp³-hybridized carbons (Fsp3) is 0.238. The molecule has 0 spiro atoms. The number of carboxylic acid groups (broad SMARTS) is 1. The Morgan fingerprint density at radius 1 is 1.25 bits per heavy atom. The van der Waals surface area contributed by atoms with Crippen LogP contribution >= 0.6 is 9.24 Å². The van der Waals surface area contributed by atoms with Crippen LogP contribution in [-0.2, 0) is 17.6 Å². The molecule has 1 unspecified atom stereocenters. The van der Waals surface area contributed by atoms with Gasteiger partial charge in [0, 0.05) is 17.3 Å². The van der Waals surface area contributed by atoms with E-state index in [4.69, 9.17) is 19.0 Å². The van der Waals surface area contributed by atoms with Crippen molar-refractivity contribution in [3.8, 4) is 23.0 Å². The molecule has 28 heavy (non-hydrogen) atoms. The van der Waals surface area contributed by atoms with E-state index < -0.39 is 5.97 Å². The minimum Gasteiger partial charge on any atom is -0.496 e. The molecule has 0 aliphatic heterocycles. The molecule has 1 atom stereocenters. The molecule has 0 saturated heterocycles. The monoisotopic (exact) mass is 399 g/mol. The van der Waals surface area contributed by atoms with Crippen molar-refractivity contribution < 1.29 is 23.8 Å². The number of aryl methyl sites for hydroxylation is 1. The summed E-state index contributed by atoms with van der Waals surface area (Å²) in [7, 11) is 4.25. The third kappa shape index (κ3) is 4.90. The van der Waals surface area contributed by atoms with E-state index in [1.807, 2.05) is 31.2 Å². The van der Waals surface area contributed by atoms with Crippen molar-refractivity contribution in [1.82, 2.24) is 4.98 Å². The lowest BCUT2D eigenvalue weighted by Gasteiger charge is -2.06. The highest BCUT2D eigenvalue weighted by Crippen LogP contribution is 2.25. The number of aromatic nitrogens is 1. The zero-order chi connectivity index (χ0) is 20.1. The molecule has 0 amide bonds. The predicted molar refractivity (Wildman–Crippen MR) is 110 cm³/mol. The van der Waals surface area contributed by atoms with E-state index in [1.165, 1.54) is 0 Å². The zero-order valence-corrected chi connectivity index (χ0v) is 16.9. The van der Waals surface area contributed by atoms with Gasteiger partial charge in [0.25, 0.3) is 0 Å². The molecule has 7 heteroatoms. The molecule has 0 aliphatic carbocycles. The number of carbonyl (C=O) groups is 1. The van der Waals surface area contributed by atoms with Gasteiger partial charge in [-0.15, -0.1) is 9.24 Å². The number of carboxylic acids is 1. The largest absolute Gasteiger partial charge is 0.496 e. The molecule has 2 aromatic carbocycles. The Kier molecular flexibility index (Phi) is 6.32. The smallest absolute Gasteiger partial charge is 0.307 e. The van der Waals surface area contributed by atoms with Crippen LogP contribution in [0.15, 0.2) is 46.9 Å². The maximum atomic E-state index is 10.8. The average molecular weight is 399 g/mol. The minimum atomic E-state index is -0.866. The molecule has 1 aromatic heterocycles. The molecule has 0 aliphatic rings. The molecule has 3 aromatic rings. The number of hydrogen-bond acceptors (Lipinski definition) is 5. The van der Waals surface area contributed by atoms with E-state index in [0.717, 1.165) is 28.1 Å². The summed E-state index contributed by atoms with van der Waals surface area (Å²) in [5.74, 6) is 1.81. The van der Waals surface area contributed by atoms with Crippen molar-refractivity contribution in [1.29, 1.82) is 0 Å². The van der Waals surface area contributed by atoms with Gasteiger partial charge in [-0.1, -0.05) is 18.2 Å². The fourth-order valence-corrected chi connectivity index (χ4v) is 3.11. The number of ether oxygens (including phenoxy) is 2. The van der Waals surface area contributed by atoms with Crippen LogP contribution in [0.2, 0.25) is 0 Å². The molecule has 0 radical (unpaired) electrons. The Morgan fingerprint density at radius 3 is 2.82 bits per heavy atom. The Morgan fingerprint density at radius 2 is 2.07 bits per heavy atom. The van der Waals surface area contributed by atoms with Crippen LogP contribution in [-0.4, -0.2) is 29.8 Å². The van der Waals surface area contributed by atoms with E-state index in [0.29, 0.717) is 30.2 Å². The van der Waals surface area contributed by atoms with Crippen LogP contribution in [0, 0.1) is 6.92 Å². The maximum absolute atomic E-state index is 10.8. The second-order valence-electron chi connectivity index (χ2n) is 6.30. The third-order valence-electron chi connectivity index (χ3n) is 4.23. The average Bonchev–Trinajstić information content (AvgIpc) is 3.03. The number of aliphatic carboxylic acids is 1. The second-order valence-corrected chi connectivity index (χ2v) is 6.92. The fourth-order valence-electron chi connectivity index (χ4n) is 2.81. The first-order chi connectivity index (χ1) is 13.5. The maximum Gasteiger partial charge on any atom is 0.307 e. The summed E-state index contributed by atoms with van der Waals surface area (Å²) in [5.41, 5.74) is 2.38. The molecule has 146 valence electrons. The van der Waals surface area contributed by atoms with Crippen LogP contribution < -0.4 is 14.8 Å². The molecular weight excluding hydrogens is 377 g/mol. The number of rotatable bonds is 8. The van der Waals surface area contributed by atoms with Gasteiger partial charge in [-0.25, -0.2) is 4.98 Å². The number of methoxy groups -OCH3 is 1. The van der Waals surface area contributed by atoms with Crippen molar-refractivity contribution in [3.05, 3.63) is 59.5 Å². The van der Waals surface area contributed by atoms with Crippen molar-refractivity contribution in [2.24, 2.45) is 0 Å². The molecular formula is C21H22NO5P. The summed E-state index contributed by atoms with van der Waals surface area (Å²) in [4.78, 5) is 15.4. The number of benzene rings is 2. The van der Waals surface area contributed by atoms with Crippen molar-refractivity contribution in [2.45, 2.75) is 19.8 Å². The predicted octanol–water partition coefficient (Wildman–Crippen LogP) is 3.41. The van der Waals surface area contributed by atoms with Gasteiger partial charge >= 0.3 is 5.97 Å². The number of hydrogen-bond donors (Lipinski definition) is 1. The summed E-state index contributed by atoms with van der Waals surface area (Å²) < 4.78 is 16.9. The molecule has 3 rings (SSSR count). The molecule has 6 nitrogen and oxygen atoms in total. The van der Waals surface area contributed by atoms with Crippen molar-refractivity contribution in [2.75, 3.05) is 13.7 Å². The van der Waals surface area contributed by atoms with E-state index in [2.05, 4.69) is 14.2 Å². The summed E-state index contributed by atoms with van der Waals surface area (Å²) in [6.07, 6.45) is 0.554.